The van der Waals surface area contributed by atoms with E-state index in [0.29, 0.717) is 12.2 Å². The highest BCUT2D eigenvalue weighted by Crippen LogP contribution is 2.18. The van der Waals surface area contributed by atoms with Crippen LogP contribution in [-0.2, 0) is 10.0 Å². The van der Waals surface area contributed by atoms with Crippen molar-refractivity contribution in [1.82, 2.24) is 0 Å². The third kappa shape index (κ3) is 4.34. The summed E-state index contributed by atoms with van der Waals surface area (Å²) in [6, 6.07) is 14.1. The van der Waals surface area contributed by atoms with Crippen LogP contribution in [0.3, 0.4) is 0 Å². The lowest BCUT2D eigenvalue weighted by molar-refractivity contribution is 0.414. The van der Waals surface area contributed by atoms with Crippen LogP contribution >= 0.6 is 0 Å². The van der Waals surface area contributed by atoms with Gasteiger partial charge in [-0.05, 0) is 24.3 Å². The Hall–Kier alpha value is -2.31. The summed E-state index contributed by atoms with van der Waals surface area (Å²) in [4.78, 5) is 0.0891. The van der Waals surface area contributed by atoms with Crippen molar-refractivity contribution in [1.29, 1.82) is 0 Å². The zero-order chi connectivity index (χ0) is 16.0. The molecule has 6 heteroatoms. The smallest absolute Gasteiger partial charge is 0.238 e. The molecule has 0 unspecified atom stereocenters. The summed E-state index contributed by atoms with van der Waals surface area (Å²) in [5.74, 6) is 0.801. The number of para-hydroxylation sites is 1. The first-order chi connectivity index (χ1) is 10.5. The summed E-state index contributed by atoms with van der Waals surface area (Å²) in [5, 5.41) is 8.22. The van der Waals surface area contributed by atoms with Crippen LogP contribution in [0.2, 0.25) is 0 Å². The number of ether oxygens (including phenoxy) is 1. The Balaban J connectivity index is 2.01. The lowest BCUT2D eigenvalue weighted by Crippen LogP contribution is -2.12. The molecule has 3 N–H and O–H groups in total. The first kappa shape index (κ1) is 16.1. The molecular formula is C16H18N2O3S. The molecule has 22 heavy (non-hydrogen) atoms. The summed E-state index contributed by atoms with van der Waals surface area (Å²) in [5.41, 5.74) is 1.67. The first-order valence-corrected chi connectivity index (χ1v) is 8.21. The van der Waals surface area contributed by atoms with E-state index in [1.165, 1.54) is 12.1 Å². The van der Waals surface area contributed by atoms with Gasteiger partial charge in [0.1, 0.15) is 5.75 Å². The van der Waals surface area contributed by atoms with Crippen molar-refractivity contribution in [3.63, 3.8) is 0 Å². The number of benzene rings is 2. The predicted molar refractivity (Wildman–Crippen MR) is 88.3 cm³/mol. The lowest BCUT2D eigenvalue weighted by atomic mass is 10.2. The van der Waals surface area contributed by atoms with Crippen molar-refractivity contribution in [3.8, 4) is 5.75 Å². The Labute approximate surface area is 130 Å². The lowest BCUT2D eigenvalue weighted by Gasteiger charge is -2.06. The van der Waals surface area contributed by atoms with Gasteiger partial charge >= 0.3 is 0 Å². The van der Waals surface area contributed by atoms with Gasteiger partial charge in [-0.2, -0.15) is 0 Å². The van der Waals surface area contributed by atoms with Crippen LogP contribution in [0.4, 0.5) is 5.69 Å². The van der Waals surface area contributed by atoms with E-state index in [4.69, 9.17) is 9.88 Å². The molecule has 0 amide bonds. The zero-order valence-electron chi connectivity index (χ0n) is 12.2. The van der Waals surface area contributed by atoms with E-state index in [1.54, 1.807) is 19.2 Å². The molecule has 0 spiro atoms. The Morgan fingerprint density at radius 2 is 1.95 bits per heavy atom. The fraction of sp³-hybridized carbons (Fsp3) is 0.125. The number of hydrogen-bond acceptors (Lipinski definition) is 4. The van der Waals surface area contributed by atoms with E-state index >= 15 is 0 Å². The van der Waals surface area contributed by atoms with Gasteiger partial charge in [-0.1, -0.05) is 36.4 Å². The first-order valence-electron chi connectivity index (χ1n) is 6.67. The third-order valence-electron chi connectivity index (χ3n) is 3.02. The van der Waals surface area contributed by atoms with Crippen LogP contribution < -0.4 is 15.2 Å². The van der Waals surface area contributed by atoms with E-state index in [0.717, 1.165) is 11.3 Å². The molecular weight excluding hydrogens is 300 g/mol. The van der Waals surface area contributed by atoms with E-state index in [1.807, 2.05) is 36.4 Å². The molecule has 0 saturated carbocycles. The maximum Gasteiger partial charge on any atom is 0.238 e. The fourth-order valence-corrected chi connectivity index (χ4v) is 2.51. The van der Waals surface area contributed by atoms with Crippen LogP contribution in [0, 0.1) is 0 Å². The summed E-state index contributed by atoms with van der Waals surface area (Å²) < 4.78 is 27.8. The van der Waals surface area contributed by atoms with Crippen molar-refractivity contribution in [2.24, 2.45) is 5.14 Å². The average molecular weight is 318 g/mol. The minimum atomic E-state index is -3.68. The van der Waals surface area contributed by atoms with Crippen molar-refractivity contribution >= 4 is 21.8 Å². The van der Waals surface area contributed by atoms with E-state index in [9.17, 15) is 8.42 Å². The Kier molecular flexibility index (Phi) is 5.19. The minimum Gasteiger partial charge on any atom is -0.496 e. The van der Waals surface area contributed by atoms with Gasteiger partial charge in [0.25, 0.3) is 0 Å². The Morgan fingerprint density at radius 3 is 2.68 bits per heavy atom. The minimum absolute atomic E-state index is 0.0891. The molecule has 0 aliphatic heterocycles. The molecule has 2 aromatic rings. The summed E-state index contributed by atoms with van der Waals surface area (Å²) in [7, 11) is -2.05. The highest BCUT2D eigenvalue weighted by atomic mass is 32.2. The number of nitrogens with two attached hydrogens (primary N) is 1. The maximum absolute atomic E-state index is 11.3. The second-order valence-electron chi connectivity index (χ2n) is 4.60. The van der Waals surface area contributed by atoms with Crippen LogP contribution in [0.25, 0.3) is 6.08 Å². The molecule has 0 fully saturated rings. The molecule has 2 rings (SSSR count). The van der Waals surface area contributed by atoms with Gasteiger partial charge in [-0.15, -0.1) is 0 Å². The van der Waals surface area contributed by atoms with Crippen molar-refractivity contribution in [2.75, 3.05) is 19.0 Å². The van der Waals surface area contributed by atoms with Gasteiger partial charge in [0.2, 0.25) is 10.0 Å². The third-order valence-corrected chi connectivity index (χ3v) is 3.93. The van der Waals surface area contributed by atoms with Gasteiger partial charge in [-0.25, -0.2) is 13.6 Å². The Morgan fingerprint density at radius 1 is 1.18 bits per heavy atom. The Bertz CT molecular complexity index is 770. The van der Waals surface area contributed by atoms with Crippen LogP contribution in [0.15, 0.2) is 59.5 Å². The average Bonchev–Trinajstić information content (AvgIpc) is 2.51. The number of anilines is 1. The number of nitrogens with one attached hydrogen (secondary N) is 1. The molecule has 2 aromatic carbocycles. The van der Waals surface area contributed by atoms with E-state index in [-0.39, 0.29) is 4.90 Å². The van der Waals surface area contributed by atoms with Gasteiger partial charge in [0.15, 0.2) is 0 Å². The quantitative estimate of drug-likeness (QED) is 0.857. The number of methoxy groups -OCH3 is 1. The predicted octanol–water partition coefficient (Wildman–Crippen LogP) is 2.47. The second-order valence-corrected chi connectivity index (χ2v) is 6.16. The monoisotopic (exact) mass is 318 g/mol. The highest BCUT2D eigenvalue weighted by Gasteiger charge is 2.07. The summed E-state index contributed by atoms with van der Waals surface area (Å²) in [6.07, 6.45) is 3.87. The van der Waals surface area contributed by atoms with Crippen molar-refractivity contribution < 1.29 is 13.2 Å². The molecule has 5 nitrogen and oxygen atoms in total. The van der Waals surface area contributed by atoms with Gasteiger partial charge in [-0.3, -0.25) is 0 Å². The van der Waals surface area contributed by atoms with Crippen LogP contribution in [0.1, 0.15) is 5.56 Å². The molecule has 0 aliphatic carbocycles. The number of hydrogen-bond donors (Lipinski definition) is 2. The standard InChI is InChI=1S/C16H18N2O3S/c1-21-16-10-3-2-6-13(16)7-5-11-18-14-8-4-9-15(12-14)22(17,19)20/h2-10,12,18H,11H2,1H3,(H2,17,19,20)/b7-5+. The molecule has 0 aliphatic rings. The highest BCUT2D eigenvalue weighted by molar-refractivity contribution is 7.89. The van der Waals surface area contributed by atoms with Gasteiger partial charge in [0, 0.05) is 17.8 Å². The van der Waals surface area contributed by atoms with Crippen LogP contribution in [-0.4, -0.2) is 22.1 Å². The van der Waals surface area contributed by atoms with E-state index < -0.39 is 10.0 Å². The number of primary sulfonamides is 1. The number of rotatable bonds is 6. The molecule has 0 saturated heterocycles. The van der Waals surface area contributed by atoms with Gasteiger partial charge in [0.05, 0.1) is 12.0 Å². The topological polar surface area (TPSA) is 81.4 Å². The SMILES string of the molecule is COc1ccccc1/C=C/CNc1cccc(S(N)(=O)=O)c1. The molecule has 0 atom stereocenters. The van der Waals surface area contributed by atoms with Gasteiger partial charge < -0.3 is 10.1 Å². The van der Waals surface area contributed by atoms with Crippen molar-refractivity contribution in [2.45, 2.75) is 4.90 Å². The molecule has 0 heterocycles. The summed E-state index contributed by atoms with van der Waals surface area (Å²) in [6.45, 7) is 0.548. The van der Waals surface area contributed by atoms with E-state index in [2.05, 4.69) is 5.32 Å². The molecule has 0 bridgehead atoms. The molecule has 116 valence electrons. The zero-order valence-corrected chi connectivity index (χ0v) is 13.0. The van der Waals surface area contributed by atoms with Crippen molar-refractivity contribution in [3.05, 3.63) is 60.2 Å². The normalized spacial score (nSPS) is 11.5. The molecule has 0 aromatic heterocycles. The number of sulfonamides is 1. The molecule has 0 radical (unpaired) electrons. The fourth-order valence-electron chi connectivity index (χ4n) is 1.95. The second kappa shape index (κ2) is 7.11. The maximum atomic E-state index is 11.3. The largest absolute Gasteiger partial charge is 0.496 e. The van der Waals surface area contributed by atoms with Crippen LogP contribution in [0.5, 0.6) is 5.75 Å². The summed E-state index contributed by atoms with van der Waals surface area (Å²) >= 11 is 0.